The first-order valence-corrected chi connectivity index (χ1v) is 20.8. The normalized spacial score (nSPS) is 24.8. The number of hydrogen-bond donors (Lipinski definition) is 1. The third-order valence-electron chi connectivity index (χ3n) is 12.1. The molecule has 1 N–H and O–H groups in total. The molecule has 4 aromatic carbocycles. The van der Waals surface area contributed by atoms with Gasteiger partial charge >= 0.3 is 5.97 Å². The summed E-state index contributed by atoms with van der Waals surface area (Å²) < 4.78 is 13.3. The molecule has 11 heteroatoms. The third kappa shape index (κ3) is 7.51. The number of rotatable bonds is 16. The average Bonchev–Trinajstić information content (AvgIpc) is 3.85. The summed E-state index contributed by atoms with van der Waals surface area (Å²) in [6.45, 7) is 9.23. The van der Waals surface area contributed by atoms with Crippen molar-refractivity contribution in [3.63, 3.8) is 0 Å². The van der Waals surface area contributed by atoms with E-state index < -0.39 is 77.0 Å². The maximum atomic E-state index is 15.4. The Balaban J connectivity index is 1.29. The van der Waals surface area contributed by atoms with Crippen molar-refractivity contribution in [2.45, 2.75) is 73.4 Å². The third-order valence-corrected chi connectivity index (χ3v) is 13.0. The zero-order valence-electron chi connectivity index (χ0n) is 32.9. The molecule has 302 valence electrons. The lowest BCUT2D eigenvalue weighted by Gasteiger charge is -2.39. The quantitative estimate of drug-likeness (QED) is 0.0749. The second-order valence-corrected chi connectivity index (χ2v) is 16.7. The summed E-state index contributed by atoms with van der Waals surface area (Å²) in [6.07, 6.45) is 2.97. The van der Waals surface area contributed by atoms with Crippen LogP contribution in [0.1, 0.15) is 43.4 Å². The number of aliphatic hydroxyl groups is 1. The fourth-order valence-electron chi connectivity index (χ4n) is 9.21. The van der Waals surface area contributed by atoms with Crippen LogP contribution < -0.4 is 4.90 Å². The van der Waals surface area contributed by atoms with Gasteiger partial charge < -0.3 is 29.3 Å². The van der Waals surface area contributed by atoms with Gasteiger partial charge in [0.2, 0.25) is 11.8 Å². The smallest absolute Gasteiger partial charge is 0.313 e. The number of fused-ring (bicyclic) bond motifs is 2. The predicted octanol–water partition coefficient (Wildman–Crippen LogP) is 6.81. The van der Waals surface area contributed by atoms with Crippen molar-refractivity contribution < 1.29 is 33.8 Å². The first-order valence-electron chi connectivity index (χ1n) is 19.9. The molecule has 7 rings (SSSR count). The van der Waals surface area contributed by atoms with Gasteiger partial charge in [-0.05, 0) is 60.2 Å². The lowest BCUT2D eigenvalue weighted by Crippen LogP contribution is -2.59. The van der Waals surface area contributed by atoms with Crippen molar-refractivity contribution in [1.29, 1.82) is 0 Å². The van der Waals surface area contributed by atoms with Gasteiger partial charge in [0.1, 0.15) is 17.7 Å². The number of likely N-dealkylation sites (N-methyl/N-ethyl adjacent to an activating group) is 1. The Morgan fingerprint density at radius 2 is 1.66 bits per heavy atom. The van der Waals surface area contributed by atoms with Gasteiger partial charge in [0, 0.05) is 30.5 Å². The zero-order valence-corrected chi connectivity index (χ0v) is 34.4. The van der Waals surface area contributed by atoms with Gasteiger partial charge in [-0.2, -0.15) is 0 Å². The molecule has 1 unspecified atom stereocenters. The van der Waals surface area contributed by atoms with E-state index in [2.05, 4.69) is 29.1 Å². The highest BCUT2D eigenvalue weighted by Gasteiger charge is 2.77. The minimum absolute atomic E-state index is 0.126. The standard InChI is InChI=1S/C47H50BrN3O7/c1-5-7-22-38(53)49(4)30(3)41(33-19-12-9-13-20-33)57-46(56)39-40-44(54)51(36(29-52)26-31-16-10-8-11-17-31)43(47(40)28-37(48)42(39)58-47)45(55)50(25-6-2)35-24-23-32-18-14-15-21-34(32)27-35/h5-6,8-21,23-24,27,30,36-37,39-43,52H,1-2,7,22,25-26,28-29H2,3-4H3/t30-,36-,37?,39+,40-,41+,42+,43+,47-/m1/s1. The van der Waals surface area contributed by atoms with Gasteiger partial charge in [-0.25, -0.2) is 0 Å². The highest BCUT2D eigenvalue weighted by molar-refractivity contribution is 9.09. The second kappa shape index (κ2) is 17.4. The van der Waals surface area contributed by atoms with Crippen molar-refractivity contribution in [2.75, 3.05) is 25.1 Å². The molecule has 0 aromatic heterocycles. The highest BCUT2D eigenvalue weighted by atomic mass is 79.9. The lowest BCUT2D eigenvalue weighted by atomic mass is 9.70. The minimum Gasteiger partial charge on any atom is -0.455 e. The van der Waals surface area contributed by atoms with Crippen LogP contribution in [-0.4, -0.2) is 93.5 Å². The lowest BCUT2D eigenvalue weighted by molar-refractivity contribution is -0.165. The van der Waals surface area contributed by atoms with Crippen molar-refractivity contribution in [2.24, 2.45) is 11.8 Å². The summed E-state index contributed by atoms with van der Waals surface area (Å²) in [7, 11) is 1.69. The molecule has 0 aliphatic carbocycles. The molecule has 2 bridgehead atoms. The largest absolute Gasteiger partial charge is 0.455 e. The van der Waals surface area contributed by atoms with Crippen LogP contribution in [-0.2, 0) is 35.1 Å². The number of anilines is 1. The molecule has 58 heavy (non-hydrogen) atoms. The number of hydrogen-bond acceptors (Lipinski definition) is 7. The van der Waals surface area contributed by atoms with Crippen LogP contribution >= 0.6 is 15.9 Å². The van der Waals surface area contributed by atoms with Crippen molar-refractivity contribution >= 4 is 56.1 Å². The number of allylic oxidation sites excluding steroid dienone is 1. The van der Waals surface area contributed by atoms with E-state index in [0.29, 0.717) is 17.7 Å². The van der Waals surface area contributed by atoms with Gasteiger partial charge in [-0.3, -0.25) is 19.2 Å². The van der Waals surface area contributed by atoms with E-state index in [9.17, 15) is 14.7 Å². The van der Waals surface area contributed by atoms with Gasteiger partial charge in [-0.1, -0.05) is 119 Å². The van der Waals surface area contributed by atoms with E-state index in [1.807, 2.05) is 110 Å². The average molecular weight is 849 g/mol. The van der Waals surface area contributed by atoms with Crippen molar-refractivity contribution in [3.8, 4) is 0 Å². The molecule has 0 saturated carbocycles. The number of likely N-dealkylation sites (tertiary alicyclic amines) is 1. The van der Waals surface area contributed by atoms with E-state index in [-0.39, 0.29) is 31.7 Å². The van der Waals surface area contributed by atoms with Crippen LogP contribution in [0.2, 0.25) is 0 Å². The molecule has 1 spiro atoms. The molecule has 9 atom stereocenters. The number of carbonyl (C=O) groups excluding carboxylic acids is 4. The second-order valence-electron chi connectivity index (χ2n) is 15.5. The minimum atomic E-state index is -1.43. The first-order chi connectivity index (χ1) is 28.0. The van der Waals surface area contributed by atoms with E-state index in [4.69, 9.17) is 9.47 Å². The molecule has 0 radical (unpaired) electrons. The Kier molecular flexibility index (Phi) is 12.3. The SMILES string of the molecule is C=CCCC(=O)N(C)[C@H](C)[C@H](OC(=O)[C@@H]1[C@H]2O[C@@]3(CC2Br)[C@H](C(=O)N(CC=C)c2ccc4ccccc4c2)N([C@@H](CO)Cc2ccccc2)C(=O)[C@@H]13)c1ccccc1. The molecule has 3 fully saturated rings. The first kappa shape index (κ1) is 41.1. The number of nitrogens with zero attached hydrogens (tertiary/aromatic N) is 3. The Morgan fingerprint density at radius 1 is 0.983 bits per heavy atom. The van der Waals surface area contributed by atoms with Gasteiger partial charge in [0.15, 0.2) is 0 Å². The number of alkyl halides is 1. The Bertz CT molecular complexity index is 2170. The number of benzene rings is 4. The van der Waals surface area contributed by atoms with Crippen LogP contribution in [0.3, 0.4) is 0 Å². The fourth-order valence-corrected chi connectivity index (χ4v) is 10.2. The Labute approximate surface area is 348 Å². The molecule has 3 amide bonds. The summed E-state index contributed by atoms with van der Waals surface area (Å²) in [5.74, 6) is -3.80. The van der Waals surface area contributed by atoms with E-state index in [1.54, 1.807) is 29.0 Å². The molecular weight excluding hydrogens is 798 g/mol. The van der Waals surface area contributed by atoms with E-state index in [1.165, 1.54) is 4.90 Å². The van der Waals surface area contributed by atoms with Gasteiger partial charge in [-0.15, -0.1) is 13.2 Å². The summed E-state index contributed by atoms with van der Waals surface area (Å²) >= 11 is 3.79. The molecule has 10 nitrogen and oxygen atoms in total. The summed E-state index contributed by atoms with van der Waals surface area (Å²) in [5, 5.41) is 13.0. The number of halogens is 1. The van der Waals surface area contributed by atoms with Crippen LogP contribution in [0.4, 0.5) is 5.69 Å². The fraction of sp³-hybridized carbons (Fsp3) is 0.362. The maximum Gasteiger partial charge on any atom is 0.313 e. The maximum absolute atomic E-state index is 15.4. The van der Waals surface area contributed by atoms with Crippen LogP contribution in [0.15, 0.2) is 128 Å². The molecular formula is C47H50BrN3O7. The van der Waals surface area contributed by atoms with Crippen molar-refractivity contribution in [3.05, 3.63) is 140 Å². The van der Waals surface area contributed by atoms with Gasteiger partial charge in [0.25, 0.3) is 5.91 Å². The highest BCUT2D eigenvalue weighted by Crippen LogP contribution is 2.61. The van der Waals surface area contributed by atoms with Crippen molar-refractivity contribution in [1.82, 2.24) is 9.80 Å². The van der Waals surface area contributed by atoms with Crippen LogP contribution in [0, 0.1) is 11.8 Å². The van der Waals surface area contributed by atoms with E-state index in [0.717, 1.165) is 16.3 Å². The number of amides is 3. The Morgan fingerprint density at radius 3 is 2.33 bits per heavy atom. The molecule has 3 aliphatic rings. The molecule has 3 saturated heterocycles. The predicted molar refractivity (Wildman–Crippen MR) is 227 cm³/mol. The number of esters is 1. The zero-order chi connectivity index (χ0) is 41.1. The van der Waals surface area contributed by atoms with Crippen LogP contribution in [0.25, 0.3) is 10.8 Å². The Hall–Kier alpha value is -5.10. The number of aliphatic hydroxyl groups excluding tert-OH is 1. The van der Waals surface area contributed by atoms with E-state index >= 15 is 9.59 Å². The monoisotopic (exact) mass is 847 g/mol. The molecule has 3 aliphatic heterocycles. The molecule has 3 heterocycles. The van der Waals surface area contributed by atoms with Gasteiger partial charge in [0.05, 0.1) is 36.6 Å². The number of carbonyl (C=O) groups is 4. The number of ether oxygens (including phenoxy) is 2. The topological polar surface area (TPSA) is 117 Å². The summed E-state index contributed by atoms with van der Waals surface area (Å²) in [6, 6.07) is 29.8. The van der Waals surface area contributed by atoms with Crippen LogP contribution in [0.5, 0.6) is 0 Å². The molecule has 4 aromatic rings. The summed E-state index contributed by atoms with van der Waals surface area (Å²) in [5.41, 5.74) is 0.748. The summed E-state index contributed by atoms with van der Waals surface area (Å²) in [4.78, 5) is 63.0.